The van der Waals surface area contributed by atoms with Crippen molar-refractivity contribution in [2.45, 2.75) is 13.5 Å². The second kappa shape index (κ2) is 5.64. The Morgan fingerprint density at radius 1 is 1.29 bits per heavy atom. The summed E-state index contributed by atoms with van der Waals surface area (Å²) in [5.74, 6) is -0.329. The molecule has 0 fully saturated rings. The van der Waals surface area contributed by atoms with Gasteiger partial charge in [-0.3, -0.25) is 4.48 Å². The van der Waals surface area contributed by atoms with Crippen LogP contribution in [0.3, 0.4) is 0 Å². The highest BCUT2D eigenvalue weighted by Gasteiger charge is 2.18. The third kappa shape index (κ3) is 4.83. The van der Waals surface area contributed by atoms with Crippen molar-refractivity contribution < 1.29 is 14.0 Å². The maximum atomic E-state index is 11.3. The van der Waals surface area contributed by atoms with E-state index in [-0.39, 0.29) is 5.97 Å². The molecule has 92 valence electrons. The molecule has 0 spiro atoms. The number of rotatable bonds is 5. The van der Waals surface area contributed by atoms with Crippen molar-refractivity contribution in [3.05, 3.63) is 48.0 Å². The van der Waals surface area contributed by atoms with E-state index < -0.39 is 0 Å². The molecule has 0 radical (unpaired) electrons. The third-order valence-corrected chi connectivity index (χ3v) is 2.35. The minimum atomic E-state index is -0.329. The van der Waals surface area contributed by atoms with Crippen LogP contribution in [0.25, 0.3) is 0 Å². The first kappa shape index (κ1) is 13.5. The first-order valence-electron chi connectivity index (χ1n) is 5.59. The molecular formula is C14H20NO2+. The standard InChI is InChI=1S/C14H20NO2/c1-12(2)14(16)17-11-15(3,4)10-13-8-6-5-7-9-13/h5-9H,1,10-11H2,2-4H3/q+1. The van der Waals surface area contributed by atoms with Crippen molar-refractivity contribution >= 4 is 5.97 Å². The number of quaternary nitrogens is 1. The lowest BCUT2D eigenvalue weighted by atomic mass is 10.2. The lowest BCUT2D eigenvalue weighted by Gasteiger charge is -2.28. The van der Waals surface area contributed by atoms with Crippen molar-refractivity contribution in [2.75, 3.05) is 20.8 Å². The predicted molar refractivity (Wildman–Crippen MR) is 68.0 cm³/mol. The van der Waals surface area contributed by atoms with Crippen LogP contribution < -0.4 is 0 Å². The summed E-state index contributed by atoms with van der Waals surface area (Å²) in [5, 5.41) is 0. The van der Waals surface area contributed by atoms with Crippen LogP contribution in [0, 0.1) is 0 Å². The Hall–Kier alpha value is -1.61. The summed E-state index contributed by atoms with van der Waals surface area (Å²) in [7, 11) is 4.05. The van der Waals surface area contributed by atoms with Crippen LogP contribution in [0.5, 0.6) is 0 Å². The van der Waals surface area contributed by atoms with Crippen LogP contribution in [0.1, 0.15) is 12.5 Å². The lowest BCUT2D eigenvalue weighted by Crippen LogP contribution is -2.41. The van der Waals surface area contributed by atoms with Crippen LogP contribution in [-0.2, 0) is 16.1 Å². The van der Waals surface area contributed by atoms with Crippen LogP contribution >= 0.6 is 0 Å². The van der Waals surface area contributed by atoms with E-state index in [1.165, 1.54) is 5.56 Å². The fraction of sp³-hybridized carbons (Fsp3) is 0.357. The van der Waals surface area contributed by atoms with Crippen LogP contribution in [0.2, 0.25) is 0 Å². The van der Waals surface area contributed by atoms with Gasteiger partial charge in [0.2, 0.25) is 6.73 Å². The molecule has 17 heavy (non-hydrogen) atoms. The quantitative estimate of drug-likeness (QED) is 0.338. The van der Waals surface area contributed by atoms with E-state index in [9.17, 15) is 4.79 Å². The molecule has 0 N–H and O–H groups in total. The topological polar surface area (TPSA) is 26.3 Å². The molecule has 0 bridgehead atoms. The average Bonchev–Trinajstić information content (AvgIpc) is 2.26. The Kier molecular flexibility index (Phi) is 4.46. The number of ether oxygens (including phenoxy) is 1. The summed E-state index contributed by atoms with van der Waals surface area (Å²) in [4.78, 5) is 11.3. The molecular weight excluding hydrogens is 214 g/mol. The number of hydrogen-bond donors (Lipinski definition) is 0. The molecule has 0 unspecified atom stereocenters. The van der Waals surface area contributed by atoms with E-state index >= 15 is 0 Å². The number of nitrogens with zero attached hydrogens (tertiary/aromatic N) is 1. The van der Waals surface area contributed by atoms with E-state index in [1.807, 2.05) is 32.3 Å². The normalized spacial score (nSPS) is 11.0. The number of carbonyl (C=O) groups is 1. The smallest absolute Gasteiger partial charge is 0.337 e. The first-order valence-corrected chi connectivity index (χ1v) is 5.59. The fourth-order valence-electron chi connectivity index (χ4n) is 1.48. The number of hydrogen-bond acceptors (Lipinski definition) is 2. The van der Waals surface area contributed by atoms with Crippen molar-refractivity contribution in [1.29, 1.82) is 0 Å². The Balaban J connectivity index is 2.52. The third-order valence-electron chi connectivity index (χ3n) is 2.35. The molecule has 0 saturated carbocycles. The summed E-state index contributed by atoms with van der Waals surface area (Å²) < 4.78 is 5.77. The van der Waals surface area contributed by atoms with Gasteiger partial charge in [0.1, 0.15) is 6.54 Å². The minimum Gasteiger partial charge on any atom is -0.412 e. The molecule has 0 aliphatic rings. The first-order chi connectivity index (χ1) is 7.91. The van der Waals surface area contributed by atoms with E-state index in [4.69, 9.17) is 4.74 Å². The summed E-state index contributed by atoms with van der Waals surface area (Å²) in [6.45, 7) is 6.38. The predicted octanol–water partition coefficient (Wildman–Crippen LogP) is 2.34. The number of esters is 1. The molecule has 0 aliphatic carbocycles. The van der Waals surface area contributed by atoms with Gasteiger partial charge >= 0.3 is 5.97 Å². The van der Waals surface area contributed by atoms with Gasteiger partial charge in [0.25, 0.3) is 0 Å². The van der Waals surface area contributed by atoms with Crippen LogP contribution in [-0.4, -0.2) is 31.3 Å². The molecule has 0 atom stereocenters. The van der Waals surface area contributed by atoms with Crippen molar-refractivity contribution in [1.82, 2.24) is 0 Å². The zero-order valence-corrected chi connectivity index (χ0v) is 10.8. The molecule has 1 rings (SSSR count). The van der Waals surface area contributed by atoms with Gasteiger partial charge in [-0.15, -0.1) is 0 Å². The van der Waals surface area contributed by atoms with Gasteiger partial charge in [-0.1, -0.05) is 36.9 Å². The van der Waals surface area contributed by atoms with Gasteiger partial charge in [0, 0.05) is 11.1 Å². The highest BCUT2D eigenvalue weighted by Crippen LogP contribution is 2.09. The van der Waals surface area contributed by atoms with Crippen LogP contribution in [0.4, 0.5) is 0 Å². The van der Waals surface area contributed by atoms with Crippen molar-refractivity contribution in [3.8, 4) is 0 Å². The number of benzene rings is 1. The van der Waals surface area contributed by atoms with Gasteiger partial charge in [-0.05, 0) is 6.92 Å². The minimum absolute atomic E-state index is 0.329. The Bertz CT molecular complexity index is 396. The zero-order valence-electron chi connectivity index (χ0n) is 10.8. The number of carbonyl (C=O) groups excluding carboxylic acids is 1. The molecule has 0 saturated heterocycles. The molecule has 0 amide bonds. The van der Waals surface area contributed by atoms with Crippen LogP contribution in [0.15, 0.2) is 42.5 Å². The summed E-state index contributed by atoms with van der Waals surface area (Å²) in [6, 6.07) is 10.1. The van der Waals surface area contributed by atoms with Gasteiger partial charge in [-0.25, -0.2) is 4.79 Å². The summed E-state index contributed by atoms with van der Waals surface area (Å²) in [5.41, 5.74) is 1.66. The van der Waals surface area contributed by atoms with Gasteiger partial charge in [-0.2, -0.15) is 0 Å². The summed E-state index contributed by atoms with van der Waals surface area (Å²) in [6.07, 6.45) is 0. The second-order valence-corrected chi connectivity index (χ2v) is 4.92. The lowest BCUT2D eigenvalue weighted by molar-refractivity contribution is -0.920. The summed E-state index contributed by atoms with van der Waals surface area (Å²) >= 11 is 0. The Labute approximate surface area is 103 Å². The molecule has 3 nitrogen and oxygen atoms in total. The zero-order chi connectivity index (χ0) is 12.9. The molecule has 0 aliphatic heterocycles. The Morgan fingerprint density at radius 2 is 1.88 bits per heavy atom. The maximum Gasteiger partial charge on any atom is 0.337 e. The maximum absolute atomic E-state index is 11.3. The Morgan fingerprint density at radius 3 is 2.41 bits per heavy atom. The second-order valence-electron chi connectivity index (χ2n) is 4.92. The SMILES string of the molecule is C=C(C)C(=O)OC[N+](C)(C)Cc1ccccc1. The highest BCUT2D eigenvalue weighted by molar-refractivity contribution is 5.86. The average molecular weight is 234 g/mol. The van der Waals surface area contributed by atoms with E-state index in [0.29, 0.717) is 16.8 Å². The largest absolute Gasteiger partial charge is 0.412 e. The molecule has 3 heteroatoms. The van der Waals surface area contributed by atoms with E-state index in [1.54, 1.807) is 6.92 Å². The van der Waals surface area contributed by atoms with Gasteiger partial charge < -0.3 is 4.74 Å². The molecule has 1 aromatic rings. The van der Waals surface area contributed by atoms with Gasteiger partial charge in [0.05, 0.1) is 14.1 Å². The van der Waals surface area contributed by atoms with Crippen molar-refractivity contribution in [3.63, 3.8) is 0 Å². The molecule has 0 aromatic heterocycles. The fourth-order valence-corrected chi connectivity index (χ4v) is 1.48. The monoisotopic (exact) mass is 234 g/mol. The van der Waals surface area contributed by atoms with Gasteiger partial charge in [0.15, 0.2) is 0 Å². The van der Waals surface area contributed by atoms with E-state index in [0.717, 1.165) is 6.54 Å². The van der Waals surface area contributed by atoms with E-state index in [2.05, 4.69) is 18.7 Å². The molecule has 0 heterocycles. The van der Waals surface area contributed by atoms with Crippen molar-refractivity contribution in [2.24, 2.45) is 0 Å². The molecule has 1 aromatic carbocycles. The highest BCUT2D eigenvalue weighted by atomic mass is 16.5.